The van der Waals surface area contributed by atoms with Gasteiger partial charge in [-0.3, -0.25) is 10.1 Å². The van der Waals surface area contributed by atoms with Crippen LogP contribution in [0.4, 0.5) is 11.5 Å². The van der Waals surface area contributed by atoms with Gasteiger partial charge in [-0.05, 0) is 28.8 Å². The molecule has 1 aromatic heterocycles. The van der Waals surface area contributed by atoms with Gasteiger partial charge in [0.2, 0.25) is 0 Å². The van der Waals surface area contributed by atoms with Crippen molar-refractivity contribution in [2.24, 2.45) is 0 Å². The van der Waals surface area contributed by atoms with E-state index in [9.17, 15) is 15.2 Å². The molecule has 0 atom stereocenters. The highest BCUT2D eigenvalue weighted by molar-refractivity contribution is 9.10. The first kappa shape index (κ1) is 14.2. The highest BCUT2D eigenvalue weighted by Gasteiger charge is 2.32. The van der Waals surface area contributed by atoms with Crippen molar-refractivity contribution in [2.45, 2.75) is 18.4 Å². The monoisotopic (exact) mass is 331 g/mol. The van der Waals surface area contributed by atoms with Crippen LogP contribution in [0, 0.1) is 10.1 Å². The molecule has 1 aliphatic rings. The van der Waals surface area contributed by atoms with Crippen molar-refractivity contribution in [1.29, 1.82) is 0 Å². The summed E-state index contributed by atoms with van der Waals surface area (Å²) in [5.41, 5.74) is -0.563. The van der Waals surface area contributed by atoms with Gasteiger partial charge < -0.3 is 15.2 Å². The Morgan fingerprint density at radius 3 is 2.79 bits per heavy atom. The summed E-state index contributed by atoms with van der Waals surface area (Å²) in [5.74, 6) is 0.488. The van der Waals surface area contributed by atoms with Crippen molar-refractivity contribution < 1.29 is 14.8 Å². The maximum absolute atomic E-state index is 10.6. The molecule has 2 rings (SSSR count). The van der Waals surface area contributed by atoms with Gasteiger partial charge in [0.15, 0.2) is 0 Å². The average Bonchev–Trinajstić information content (AvgIpc) is 2.42. The fourth-order valence-electron chi connectivity index (χ4n) is 1.96. The van der Waals surface area contributed by atoms with Crippen LogP contribution in [0.5, 0.6) is 0 Å². The van der Waals surface area contributed by atoms with E-state index in [0.29, 0.717) is 36.3 Å². The van der Waals surface area contributed by atoms with Gasteiger partial charge >= 0.3 is 0 Å². The van der Waals surface area contributed by atoms with Crippen molar-refractivity contribution >= 4 is 27.4 Å². The number of anilines is 1. The molecule has 0 bridgehead atoms. The summed E-state index contributed by atoms with van der Waals surface area (Å²) < 4.78 is 5.77. The van der Waals surface area contributed by atoms with Crippen LogP contribution in [0.1, 0.15) is 12.8 Å². The van der Waals surface area contributed by atoms with Gasteiger partial charge in [0.25, 0.3) is 5.69 Å². The lowest BCUT2D eigenvalue weighted by Gasteiger charge is -2.36. The largest absolute Gasteiger partial charge is 0.394 e. The number of pyridine rings is 1. The Kier molecular flexibility index (Phi) is 4.33. The number of rotatable bonds is 4. The van der Waals surface area contributed by atoms with Crippen LogP contribution < -0.4 is 5.32 Å². The Bertz CT molecular complexity index is 477. The Labute approximate surface area is 118 Å². The smallest absolute Gasteiger partial charge is 0.288 e. The van der Waals surface area contributed by atoms with E-state index in [1.165, 1.54) is 12.3 Å². The molecule has 2 heterocycles. The molecule has 2 N–H and O–H groups in total. The number of hydrogen-bond acceptors (Lipinski definition) is 6. The topological polar surface area (TPSA) is 97.5 Å². The number of hydrogen-bond donors (Lipinski definition) is 2. The second-order valence-electron chi connectivity index (χ2n) is 4.46. The third-order valence-corrected chi connectivity index (χ3v) is 3.78. The van der Waals surface area contributed by atoms with Crippen LogP contribution in [0.2, 0.25) is 0 Å². The van der Waals surface area contributed by atoms with Crippen molar-refractivity contribution in [3.05, 3.63) is 26.9 Å². The summed E-state index contributed by atoms with van der Waals surface area (Å²) in [6.07, 6.45) is 2.51. The molecule has 0 saturated carbocycles. The SMILES string of the molecule is O=[N+]([O-])c1cnc(NC2(CO)CCOCC2)c(Br)c1. The molecular formula is C11H14BrN3O4. The number of ether oxygens (including phenoxy) is 1. The van der Waals surface area contributed by atoms with Crippen LogP contribution >= 0.6 is 15.9 Å². The zero-order valence-corrected chi connectivity index (χ0v) is 11.7. The van der Waals surface area contributed by atoms with Crippen LogP contribution in [0.3, 0.4) is 0 Å². The average molecular weight is 332 g/mol. The Hall–Kier alpha value is -1.25. The van der Waals surface area contributed by atoms with E-state index in [1.807, 2.05) is 0 Å². The molecule has 1 aliphatic heterocycles. The molecule has 0 aliphatic carbocycles. The lowest BCUT2D eigenvalue weighted by molar-refractivity contribution is -0.385. The first-order chi connectivity index (χ1) is 9.06. The van der Waals surface area contributed by atoms with Gasteiger partial charge in [0.05, 0.1) is 21.5 Å². The quantitative estimate of drug-likeness (QED) is 0.643. The standard InChI is InChI=1S/C11H14BrN3O4/c12-9-5-8(15(17)18)6-13-10(9)14-11(7-16)1-3-19-4-2-11/h5-6,16H,1-4,7H2,(H,13,14). The predicted molar refractivity (Wildman–Crippen MR) is 72.1 cm³/mol. The number of nitro groups is 1. The second kappa shape index (κ2) is 5.81. The van der Waals surface area contributed by atoms with Crippen LogP contribution in [-0.4, -0.2) is 40.4 Å². The van der Waals surface area contributed by atoms with Crippen molar-refractivity contribution in [2.75, 3.05) is 25.1 Å². The van der Waals surface area contributed by atoms with E-state index in [4.69, 9.17) is 4.74 Å². The predicted octanol–water partition coefficient (Wildman–Crippen LogP) is 1.71. The fourth-order valence-corrected chi connectivity index (χ4v) is 2.39. The number of nitrogens with one attached hydrogen (secondary N) is 1. The van der Waals surface area contributed by atoms with E-state index in [-0.39, 0.29) is 12.3 Å². The molecule has 8 heteroatoms. The second-order valence-corrected chi connectivity index (χ2v) is 5.31. The summed E-state index contributed by atoms with van der Waals surface area (Å²) in [6, 6.07) is 1.39. The van der Waals surface area contributed by atoms with Gasteiger partial charge in [-0.2, -0.15) is 0 Å². The summed E-state index contributed by atoms with van der Waals surface area (Å²) in [4.78, 5) is 14.2. The Morgan fingerprint density at radius 2 is 2.26 bits per heavy atom. The molecule has 1 saturated heterocycles. The van der Waals surface area contributed by atoms with E-state index < -0.39 is 10.5 Å². The molecule has 1 fully saturated rings. The zero-order valence-electron chi connectivity index (χ0n) is 10.1. The first-order valence-corrected chi connectivity index (χ1v) is 6.62. The van der Waals surface area contributed by atoms with E-state index in [1.54, 1.807) is 0 Å². The summed E-state index contributed by atoms with van der Waals surface area (Å²) >= 11 is 3.25. The van der Waals surface area contributed by atoms with Crippen molar-refractivity contribution in [3.8, 4) is 0 Å². The third kappa shape index (κ3) is 3.20. The normalized spacial score (nSPS) is 18.0. The number of nitrogens with zero attached hydrogens (tertiary/aromatic N) is 2. The first-order valence-electron chi connectivity index (χ1n) is 5.83. The van der Waals surface area contributed by atoms with Crippen LogP contribution in [0.25, 0.3) is 0 Å². The number of aromatic nitrogens is 1. The lowest BCUT2D eigenvalue weighted by atomic mass is 9.91. The Morgan fingerprint density at radius 1 is 1.58 bits per heavy atom. The van der Waals surface area contributed by atoms with E-state index in [2.05, 4.69) is 26.2 Å². The molecule has 1 aromatic rings. The summed E-state index contributed by atoms with van der Waals surface area (Å²) in [5, 5.41) is 23.4. The van der Waals surface area contributed by atoms with Gasteiger partial charge in [-0.15, -0.1) is 0 Å². The molecule has 0 unspecified atom stereocenters. The highest BCUT2D eigenvalue weighted by Crippen LogP contribution is 2.30. The molecule has 7 nitrogen and oxygen atoms in total. The number of aliphatic hydroxyl groups excluding tert-OH is 1. The van der Waals surface area contributed by atoms with Crippen LogP contribution in [0.15, 0.2) is 16.7 Å². The zero-order chi connectivity index (χ0) is 13.9. The van der Waals surface area contributed by atoms with E-state index in [0.717, 1.165) is 0 Å². The van der Waals surface area contributed by atoms with Gasteiger partial charge in [-0.1, -0.05) is 0 Å². The molecule has 0 aromatic carbocycles. The fraction of sp³-hybridized carbons (Fsp3) is 0.545. The molecular weight excluding hydrogens is 318 g/mol. The van der Waals surface area contributed by atoms with Gasteiger partial charge in [-0.25, -0.2) is 4.98 Å². The van der Waals surface area contributed by atoms with Crippen LogP contribution in [-0.2, 0) is 4.74 Å². The van der Waals surface area contributed by atoms with Crippen molar-refractivity contribution in [1.82, 2.24) is 4.98 Å². The molecule has 0 spiro atoms. The lowest BCUT2D eigenvalue weighted by Crippen LogP contribution is -2.47. The molecule has 19 heavy (non-hydrogen) atoms. The van der Waals surface area contributed by atoms with E-state index >= 15 is 0 Å². The maximum atomic E-state index is 10.6. The highest BCUT2D eigenvalue weighted by atomic mass is 79.9. The van der Waals surface area contributed by atoms with Crippen molar-refractivity contribution in [3.63, 3.8) is 0 Å². The molecule has 0 radical (unpaired) electrons. The minimum Gasteiger partial charge on any atom is -0.394 e. The summed E-state index contributed by atoms with van der Waals surface area (Å²) in [6.45, 7) is 1.10. The Balaban J connectivity index is 2.20. The number of halogens is 1. The summed E-state index contributed by atoms with van der Waals surface area (Å²) in [7, 11) is 0. The third-order valence-electron chi connectivity index (χ3n) is 3.17. The molecule has 0 amide bonds. The van der Waals surface area contributed by atoms with Gasteiger partial charge in [0.1, 0.15) is 12.0 Å². The number of aliphatic hydroxyl groups is 1. The van der Waals surface area contributed by atoms with Gasteiger partial charge in [0, 0.05) is 19.3 Å². The minimum atomic E-state index is -0.502. The maximum Gasteiger partial charge on any atom is 0.288 e. The molecule has 104 valence electrons. The minimum absolute atomic E-state index is 0.0402.